The molecule has 2 aromatic carbocycles. The number of fused-ring (bicyclic) bond motifs is 1. The Kier molecular flexibility index (Phi) is 5.38. The van der Waals surface area contributed by atoms with Gasteiger partial charge in [0.1, 0.15) is 12.9 Å². The van der Waals surface area contributed by atoms with Gasteiger partial charge in [0.15, 0.2) is 11.5 Å². The number of ether oxygens (including phenoxy) is 2. The maximum absolute atomic E-state index is 12.7. The molecule has 1 amide bonds. The number of carbonyl (C=O) groups excluding carboxylic acids is 1. The molecular formula is C22H20N4O3. The second kappa shape index (κ2) is 8.43. The first-order valence-corrected chi connectivity index (χ1v) is 9.26. The number of hydrogen-bond acceptors (Lipinski definition) is 5. The molecule has 0 saturated heterocycles. The average molecular weight is 388 g/mol. The van der Waals surface area contributed by atoms with Crippen molar-refractivity contribution < 1.29 is 14.3 Å². The molecule has 2 aromatic heterocycles. The molecule has 4 rings (SSSR count). The van der Waals surface area contributed by atoms with Gasteiger partial charge >= 0.3 is 0 Å². The van der Waals surface area contributed by atoms with E-state index in [1.807, 2.05) is 43.3 Å². The summed E-state index contributed by atoms with van der Waals surface area (Å²) < 4.78 is 13.1. The van der Waals surface area contributed by atoms with Crippen LogP contribution < -0.4 is 14.9 Å². The van der Waals surface area contributed by atoms with E-state index in [1.165, 1.54) is 0 Å². The summed E-state index contributed by atoms with van der Waals surface area (Å²) >= 11 is 0. The lowest BCUT2D eigenvalue weighted by Gasteiger charge is -2.14. The van der Waals surface area contributed by atoms with Crippen LogP contribution in [0.5, 0.6) is 11.5 Å². The lowest BCUT2D eigenvalue weighted by Crippen LogP contribution is -2.22. The maximum Gasteiger partial charge on any atom is 0.270 e. The summed E-state index contributed by atoms with van der Waals surface area (Å²) in [5, 5.41) is 0. The van der Waals surface area contributed by atoms with Gasteiger partial charge in [-0.05, 0) is 43.3 Å². The number of hydrogen-bond donors (Lipinski definition) is 1. The van der Waals surface area contributed by atoms with Gasteiger partial charge in [-0.15, -0.1) is 0 Å². The van der Waals surface area contributed by atoms with E-state index in [9.17, 15) is 4.79 Å². The van der Waals surface area contributed by atoms with Gasteiger partial charge in [-0.25, -0.2) is 9.66 Å². The number of amides is 1. The van der Waals surface area contributed by atoms with Crippen molar-refractivity contribution in [2.45, 2.75) is 13.5 Å². The van der Waals surface area contributed by atoms with Crippen LogP contribution in [-0.4, -0.2) is 27.2 Å². The van der Waals surface area contributed by atoms with Crippen molar-refractivity contribution in [3.63, 3.8) is 0 Å². The van der Waals surface area contributed by atoms with E-state index >= 15 is 0 Å². The van der Waals surface area contributed by atoms with Crippen molar-refractivity contribution in [2.24, 2.45) is 0 Å². The summed E-state index contributed by atoms with van der Waals surface area (Å²) in [5.41, 5.74) is 5.87. The predicted molar refractivity (Wildman–Crippen MR) is 110 cm³/mol. The fraction of sp³-hybridized carbons (Fsp3) is 0.136. The first kappa shape index (κ1) is 18.5. The summed E-state index contributed by atoms with van der Waals surface area (Å²) in [4.78, 5) is 21.1. The van der Waals surface area contributed by atoms with Crippen LogP contribution in [0.25, 0.3) is 11.0 Å². The van der Waals surface area contributed by atoms with E-state index in [0.717, 1.165) is 16.6 Å². The lowest BCUT2D eigenvalue weighted by atomic mass is 10.2. The van der Waals surface area contributed by atoms with Crippen LogP contribution in [0.3, 0.4) is 0 Å². The van der Waals surface area contributed by atoms with E-state index in [0.29, 0.717) is 30.3 Å². The molecule has 0 aliphatic rings. The van der Waals surface area contributed by atoms with Crippen LogP contribution in [0.15, 0.2) is 73.3 Å². The van der Waals surface area contributed by atoms with Crippen LogP contribution in [0.2, 0.25) is 0 Å². The van der Waals surface area contributed by atoms with Gasteiger partial charge in [0, 0.05) is 23.5 Å². The minimum atomic E-state index is -0.270. The molecule has 146 valence electrons. The van der Waals surface area contributed by atoms with Crippen molar-refractivity contribution in [3.05, 3.63) is 84.4 Å². The molecule has 7 heteroatoms. The normalized spacial score (nSPS) is 10.7. The standard InChI is InChI=1S/C22H20N4O3/c1-2-28-21-12-17(9-10-20(21)29-14-16-6-5-11-23-13-16)22(27)25-26-15-24-18-7-3-4-8-19(18)26/h3-13,15H,2,14H2,1H3,(H,25,27). The zero-order valence-corrected chi connectivity index (χ0v) is 15.9. The topological polar surface area (TPSA) is 78.3 Å². The zero-order valence-electron chi connectivity index (χ0n) is 15.9. The summed E-state index contributed by atoms with van der Waals surface area (Å²) in [6, 6.07) is 16.5. The highest BCUT2D eigenvalue weighted by atomic mass is 16.5. The first-order valence-electron chi connectivity index (χ1n) is 9.26. The first-order chi connectivity index (χ1) is 14.2. The van der Waals surface area contributed by atoms with Crippen molar-refractivity contribution in [1.82, 2.24) is 14.6 Å². The number of pyridine rings is 1. The molecule has 0 fully saturated rings. The second-order valence-electron chi connectivity index (χ2n) is 6.29. The van der Waals surface area contributed by atoms with Gasteiger partial charge in [-0.3, -0.25) is 15.2 Å². The Bertz CT molecular complexity index is 1130. The smallest absolute Gasteiger partial charge is 0.270 e. The van der Waals surface area contributed by atoms with Crippen LogP contribution in [-0.2, 0) is 6.61 Å². The number of carbonyl (C=O) groups is 1. The van der Waals surface area contributed by atoms with Crippen LogP contribution in [0.1, 0.15) is 22.8 Å². The Labute approximate surface area is 167 Å². The molecule has 7 nitrogen and oxygen atoms in total. The molecule has 0 saturated carbocycles. The number of benzene rings is 2. The van der Waals surface area contributed by atoms with Crippen molar-refractivity contribution in [2.75, 3.05) is 12.0 Å². The van der Waals surface area contributed by atoms with Gasteiger partial charge in [-0.2, -0.15) is 0 Å². The molecule has 29 heavy (non-hydrogen) atoms. The Morgan fingerprint density at radius 3 is 2.79 bits per heavy atom. The quantitative estimate of drug-likeness (QED) is 0.521. The third kappa shape index (κ3) is 4.19. The van der Waals surface area contributed by atoms with Gasteiger partial charge in [-0.1, -0.05) is 18.2 Å². The summed E-state index contributed by atoms with van der Waals surface area (Å²) in [7, 11) is 0. The number of para-hydroxylation sites is 2. The fourth-order valence-corrected chi connectivity index (χ4v) is 2.90. The van der Waals surface area contributed by atoms with E-state index < -0.39 is 0 Å². The van der Waals surface area contributed by atoms with Crippen molar-refractivity contribution in [3.8, 4) is 11.5 Å². The zero-order chi connectivity index (χ0) is 20.1. The Morgan fingerprint density at radius 2 is 1.97 bits per heavy atom. The minimum Gasteiger partial charge on any atom is -0.490 e. The third-order valence-corrected chi connectivity index (χ3v) is 4.30. The van der Waals surface area contributed by atoms with Gasteiger partial charge in [0.05, 0.1) is 17.6 Å². The predicted octanol–water partition coefficient (Wildman–Crippen LogP) is 3.79. The van der Waals surface area contributed by atoms with Gasteiger partial charge < -0.3 is 9.47 Å². The molecule has 0 spiro atoms. The van der Waals surface area contributed by atoms with Crippen LogP contribution in [0, 0.1) is 0 Å². The molecule has 0 atom stereocenters. The van der Waals surface area contributed by atoms with E-state index in [2.05, 4.69) is 15.4 Å². The van der Waals surface area contributed by atoms with E-state index in [1.54, 1.807) is 41.6 Å². The monoisotopic (exact) mass is 388 g/mol. The fourth-order valence-electron chi connectivity index (χ4n) is 2.90. The average Bonchev–Trinajstić information content (AvgIpc) is 3.16. The van der Waals surface area contributed by atoms with Crippen molar-refractivity contribution in [1.29, 1.82) is 0 Å². The molecule has 0 aliphatic carbocycles. The largest absolute Gasteiger partial charge is 0.490 e. The summed E-state index contributed by atoms with van der Waals surface area (Å²) in [6.07, 6.45) is 5.04. The molecule has 0 unspecified atom stereocenters. The maximum atomic E-state index is 12.7. The van der Waals surface area contributed by atoms with E-state index in [4.69, 9.17) is 9.47 Å². The molecule has 0 bridgehead atoms. The van der Waals surface area contributed by atoms with E-state index in [-0.39, 0.29) is 5.91 Å². The van der Waals surface area contributed by atoms with Crippen LogP contribution in [0.4, 0.5) is 0 Å². The third-order valence-electron chi connectivity index (χ3n) is 4.30. The molecule has 0 aliphatic heterocycles. The Balaban J connectivity index is 1.52. The number of nitrogens with zero attached hydrogens (tertiary/aromatic N) is 3. The highest BCUT2D eigenvalue weighted by Gasteiger charge is 2.13. The summed E-state index contributed by atoms with van der Waals surface area (Å²) in [6.45, 7) is 2.70. The molecule has 0 radical (unpaired) electrons. The number of nitrogens with one attached hydrogen (secondary N) is 1. The Morgan fingerprint density at radius 1 is 1.07 bits per heavy atom. The SMILES string of the molecule is CCOc1cc(C(=O)Nn2cnc3ccccc32)ccc1OCc1cccnc1. The minimum absolute atomic E-state index is 0.270. The highest BCUT2D eigenvalue weighted by Crippen LogP contribution is 2.29. The van der Waals surface area contributed by atoms with Gasteiger partial charge in [0.2, 0.25) is 0 Å². The lowest BCUT2D eigenvalue weighted by molar-refractivity contribution is 0.101. The molecule has 4 aromatic rings. The molecule has 1 N–H and O–H groups in total. The number of aromatic nitrogens is 3. The molecular weight excluding hydrogens is 368 g/mol. The highest BCUT2D eigenvalue weighted by molar-refractivity contribution is 6.01. The number of imidazole rings is 1. The Hall–Kier alpha value is -3.87. The molecule has 2 heterocycles. The number of rotatable bonds is 7. The second-order valence-corrected chi connectivity index (χ2v) is 6.29. The van der Waals surface area contributed by atoms with Crippen LogP contribution >= 0.6 is 0 Å². The van der Waals surface area contributed by atoms with Gasteiger partial charge in [0.25, 0.3) is 5.91 Å². The van der Waals surface area contributed by atoms with Crippen molar-refractivity contribution >= 4 is 16.9 Å². The summed E-state index contributed by atoms with van der Waals surface area (Å²) in [5.74, 6) is 0.813.